The molecule has 0 aliphatic rings. The van der Waals surface area contributed by atoms with Crippen LogP contribution in [0.2, 0.25) is 0 Å². The van der Waals surface area contributed by atoms with E-state index >= 15 is 0 Å². The molecule has 0 aliphatic heterocycles. The highest BCUT2D eigenvalue weighted by Gasteiger charge is 2.20. The molecule has 16 heavy (non-hydrogen) atoms. The van der Waals surface area contributed by atoms with Crippen molar-refractivity contribution in [2.24, 2.45) is 0 Å². The number of nitrogens with one attached hydrogen (secondary N) is 1. The highest BCUT2D eigenvalue weighted by atomic mass is 32.1. The fraction of sp³-hybridized carbons (Fsp3) is 0.500. The predicted octanol–water partition coefficient (Wildman–Crippen LogP) is 1.90. The van der Waals surface area contributed by atoms with Crippen LogP contribution in [-0.4, -0.2) is 28.2 Å². The Morgan fingerprint density at radius 3 is 2.88 bits per heavy atom. The first-order valence-corrected chi connectivity index (χ1v) is 6.06. The molecule has 2 unspecified atom stereocenters. The summed E-state index contributed by atoms with van der Waals surface area (Å²) in [5, 5.41) is 9.00. The molecule has 0 bridgehead atoms. The SMILES string of the molecule is CNC(C)C(C)c1nc(-c2cscn2)no1. The minimum absolute atomic E-state index is 0.185. The van der Waals surface area contributed by atoms with Gasteiger partial charge in [0.05, 0.1) is 11.4 Å². The molecule has 0 aliphatic carbocycles. The van der Waals surface area contributed by atoms with E-state index in [9.17, 15) is 0 Å². The molecular formula is C10H14N4OS. The summed E-state index contributed by atoms with van der Waals surface area (Å²) >= 11 is 1.52. The lowest BCUT2D eigenvalue weighted by atomic mass is 10.0. The Morgan fingerprint density at radius 1 is 1.44 bits per heavy atom. The standard InChI is InChI=1S/C10H14N4OS/c1-6(7(2)11-3)10-13-9(14-15-10)8-4-16-5-12-8/h4-7,11H,1-3H3. The second kappa shape index (κ2) is 4.71. The highest BCUT2D eigenvalue weighted by molar-refractivity contribution is 7.07. The average molecular weight is 238 g/mol. The molecule has 0 spiro atoms. The molecule has 86 valence electrons. The van der Waals surface area contributed by atoms with Crippen molar-refractivity contribution in [1.82, 2.24) is 20.4 Å². The van der Waals surface area contributed by atoms with Gasteiger partial charge in [-0.3, -0.25) is 0 Å². The molecule has 2 aromatic rings. The summed E-state index contributed by atoms with van der Waals surface area (Å²) in [6, 6.07) is 0.295. The van der Waals surface area contributed by atoms with Gasteiger partial charge >= 0.3 is 0 Å². The maximum absolute atomic E-state index is 5.24. The first-order valence-electron chi connectivity index (χ1n) is 5.11. The molecular weight excluding hydrogens is 224 g/mol. The Kier molecular flexibility index (Phi) is 3.31. The zero-order chi connectivity index (χ0) is 11.5. The Morgan fingerprint density at radius 2 is 2.25 bits per heavy atom. The van der Waals surface area contributed by atoms with Crippen LogP contribution in [0.25, 0.3) is 11.5 Å². The summed E-state index contributed by atoms with van der Waals surface area (Å²) in [5.41, 5.74) is 2.52. The number of aromatic nitrogens is 3. The number of likely N-dealkylation sites (N-methyl/N-ethyl adjacent to an activating group) is 1. The van der Waals surface area contributed by atoms with Crippen molar-refractivity contribution in [3.8, 4) is 11.5 Å². The van der Waals surface area contributed by atoms with Crippen molar-refractivity contribution >= 4 is 11.3 Å². The van der Waals surface area contributed by atoms with E-state index in [2.05, 4.69) is 34.3 Å². The molecule has 2 heterocycles. The number of nitrogens with zero attached hydrogens (tertiary/aromatic N) is 3. The van der Waals surface area contributed by atoms with E-state index in [1.54, 1.807) is 5.51 Å². The molecule has 0 aromatic carbocycles. The Hall–Kier alpha value is -1.27. The summed E-state index contributed by atoms with van der Waals surface area (Å²) < 4.78 is 5.24. The number of hydrogen-bond acceptors (Lipinski definition) is 6. The van der Waals surface area contributed by atoms with Crippen LogP contribution < -0.4 is 5.32 Å². The summed E-state index contributed by atoms with van der Waals surface area (Å²) in [6.07, 6.45) is 0. The summed E-state index contributed by atoms with van der Waals surface area (Å²) in [6.45, 7) is 4.14. The minimum atomic E-state index is 0.185. The molecule has 2 rings (SSSR count). The Balaban J connectivity index is 2.20. The van der Waals surface area contributed by atoms with Crippen LogP contribution in [0.4, 0.5) is 0 Å². The maximum Gasteiger partial charge on any atom is 0.231 e. The molecule has 2 aromatic heterocycles. The van der Waals surface area contributed by atoms with E-state index in [0.717, 1.165) is 5.69 Å². The fourth-order valence-electron chi connectivity index (χ4n) is 1.31. The topological polar surface area (TPSA) is 63.8 Å². The van der Waals surface area contributed by atoms with Gasteiger partial charge in [-0.2, -0.15) is 4.98 Å². The summed E-state index contributed by atoms with van der Waals surface area (Å²) in [5.74, 6) is 1.39. The zero-order valence-electron chi connectivity index (χ0n) is 9.47. The van der Waals surface area contributed by atoms with Gasteiger partial charge in [0.25, 0.3) is 0 Å². The second-order valence-corrected chi connectivity index (χ2v) is 4.41. The van der Waals surface area contributed by atoms with Crippen LogP contribution in [0.5, 0.6) is 0 Å². The van der Waals surface area contributed by atoms with Crippen molar-refractivity contribution in [2.45, 2.75) is 25.8 Å². The predicted molar refractivity (Wildman–Crippen MR) is 62.3 cm³/mol. The second-order valence-electron chi connectivity index (χ2n) is 3.70. The van der Waals surface area contributed by atoms with E-state index in [1.165, 1.54) is 11.3 Å². The van der Waals surface area contributed by atoms with Gasteiger partial charge in [-0.15, -0.1) is 11.3 Å². The molecule has 0 saturated carbocycles. The van der Waals surface area contributed by atoms with Gasteiger partial charge in [-0.05, 0) is 14.0 Å². The van der Waals surface area contributed by atoms with Gasteiger partial charge in [0.15, 0.2) is 0 Å². The molecule has 0 amide bonds. The molecule has 0 saturated heterocycles. The van der Waals surface area contributed by atoms with E-state index in [1.807, 2.05) is 12.4 Å². The normalized spacial score (nSPS) is 14.9. The molecule has 2 atom stereocenters. The van der Waals surface area contributed by atoms with Crippen molar-refractivity contribution in [2.75, 3.05) is 7.05 Å². The first-order chi connectivity index (χ1) is 7.72. The smallest absolute Gasteiger partial charge is 0.231 e. The Bertz CT molecular complexity index is 439. The lowest BCUT2D eigenvalue weighted by Crippen LogP contribution is -2.27. The highest BCUT2D eigenvalue weighted by Crippen LogP contribution is 2.21. The van der Waals surface area contributed by atoms with Gasteiger partial charge < -0.3 is 9.84 Å². The van der Waals surface area contributed by atoms with Crippen molar-refractivity contribution in [3.63, 3.8) is 0 Å². The van der Waals surface area contributed by atoms with E-state index in [4.69, 9.17) is 4.52 Å². The molecule has 1 N–H and O–H groups in total. The van der Waals surface area contributed by atoms with Crippen LogP contribution in [-0.2, 0) is 0 Å². The van der Waals surface area contributed by atoms with Crippen LogP contribution in [0, 0.1) is 0 Å². The zero-order valence-corrected chi connectivity index (χ0v) is 10.3. The van der Waals surface area contributed by atoms with E-state index in [0.29, 0.717) is 17.8 Å². The average Bonchev–Trinajstić information content (AvgIpc) is 2.96. The quantitative estimate of drug-likeness (QED) is 0.881. The summed E-state index contributed by atoms with van der Waals surface area (Å²) in [7, 11) is 1.92. The Labute approximate surface area is 97.9 Å². The molecule has 0 fully saturated rings. The fourth-order valence-corrected chi connectivity index (χ4v) is 1.84. The van der Waals surface area contributed by atoms with Crippen LogP contribution in [0.3, 0.4) is 0 Å². The largest absolute Gasteiger partial charge is 0.339 e. The summed E-state index contributed by atoms with van der Waals surface area (Å²) in [4.78, 5) is 8.49. The first kappa shape index (κ1) is 11.2. The van der Waals surface area contributed by atoms with Gasteiger partial charge in [-0.1, -0.05) is 12.1 Å². The lowest BCUT2D eigenvalue weighted by molar-refractivity contribution is 0.336. The van der Waals surface area contributed by atoms with Gasteiger partial charge in [0, 0.05) is 11.4 Å². The van der Waals surface area contributed by atoms with Gasteiger partial charge in [-0.25, -0.2) is 4.98 Å². The van der Waals surface area contributed by atoms with E-state index in [-0.39, 0.29) is 5.92 Å². The van der Waals surface area contributed by atoms with Crippen LogP contribution in [0.15, 0.2) is 15.4 Å². The minimum Gasteiger partial charge on any atom is -0.339 e. The maximum atomic E-state index is 5.24. The number of thiazole rings is 1. The molecule has 5 nitrogen and oxygen atoms in total. The number of hydrogen-bond donors (Lipinski definition) is 1. The van der Waals surface area contributed by atoms with Crippen LogP contribution >= 0.6 is 11.3 Å². The molecule has 0 radical (unpaired) electrons. The molecule has 6 heteroatoms. The third-order valence-electron chi connectivity index (χ3n) is 2.70. The van der Waals surface area contributed by atoms with Gasteiger partial charge in [0.1, 0.15) is 5.69 Å². The van der Waals surface area contributed by atoms with E-state index < -0.39 is 0 Å². The third-order valence-corrected chi connectivity index (χ3v) is 3.28. The van der Waals surface area contributed by atoms with Crippen molar-refractivity contribution in [3.05, 3.63) is 16.8 Å². The number of rotatable bonds is 4. The van der Waals surface area contributed by atoms with Crippen molar-refractivity contribution < 1.29 is 4.52 Å². The lowest BCUT2D eigenvalue weighted by Gasteiger charge is -2.14. The van der Waals surface area contributed by atoms with Crippen molar-refractivity contribution in [1.29, 1.82) is 0 Å². The van der Waals surface area contributed by atoms with Crippen LogP contribution in [0.1, 0.15) is 25.7 Å². The van der Waals surface area contributed by atoms with Gasteiger partial charge in [0.2, 0.25) is 11.7 Å². The monoisotopic (exact) mass is 238 g/mol. The third kappa shape index (κ3) is 2.12.